The molecule has 2 rings (SSSR count). The van der Waals surface area contributed by atoms with Crippen molar-refractivity contribution in [2.24, 2.45) is 5.92 Å². The van der Waals surface area contributed by atoms with Crippen LogP contribution in [-0.4, -0.2) is 22.9 Å². The van der Waals surface area contributed by atoms with Crippen LogP contribution in [0.3, 0.4) is 0 Å². The predicted molar refractivity (Wildman–Crippen MR) is 69.2 cm³/mol. The van der Waals surface area contributed by atoms with Gasteiger partial charge < -0.3 is 15.7 Å². The molecule has 1 aromatic carbocycles. The summed E-state index contributed by atoms with van der Waals surface area (Å²) < 4.78 is 0. The SMILES string of the molecule is CC(C(=O)O)C(=O)Nc1cc2c(cc1Cl)NC(=O)C2. The Kier molecular flexibility index (Phi) is 3.44. The van der Waals surface area contributed by atoms with E-state index in [0.29, 0.717) is 16.9 Å². The molecule has 0 fully saturated rings. The summed E-state index contributed by atoms with van der Waals surface area (Å²) in [5.41, 5.74) is 1.63. The van der Waals surface area contributed by atoms with Gasteiger partial charge in [-0.05, 0) is 24.6 Å². The van der Waals surface area contributed by atoms with Crippen molar-refractivity contribution in [3.8, 4) is 0 Å². The molecular formula is C12H11ClN2O4. The molecule has 1 unspecified atom stereocenters. The molecule has 6 nitrogen and oxygen atoms in total. The minimum absolute atomic E-state index is 0.145. The maximum absolute atomic E-state index is 11.6. The number of carboxylic acids is 1. The average molecular weight is 283 g/mol. The van der Waals surface area contributed by atoms with Crippen LogP contribution in [0.1, 0.15) is 12.5 Å². The van der Waals surface area contributed by atoms with Crippen molar-refractivity contribution in [3.05, 3.63) is 22.7 Å². The molecule has 0 bridgehead atoms. The number of fused-ring (bicyclic) bond motifs is 1. The van der Waals surface area contributed by atoms with E-state index in [1.54, 1.807) is 6.07 Å². The first-order valence-corrected chi connectivity index (χ1v) is 5.92. The first-order chi connectivity index (χ1) is 8.88. The van der Waals surface area contributed by atoms with Crippen LogP contribution in [0.2, 0.25) is 5.02 Å². The number of rotatable bonds is 3. The minimum Gasteiger partial charge on any atom is -0.481 e. The number of amides is 2. The Morgan fingerprint density at radius 2 is 2.16 bits per heavy atom. The fourth-order valence-electron chi connectivity index (χ4n) is 1.70. The summed E-state index contributed by atoms with van der Waals surface area (Å²) in [6.07, 6.45) is 0.212. The topological polar surface area (TPSA) is 95.5 Å². The van der Waals surface area contributed by atoms with Gasteiger partial charge in [-0.1, -0.05) is 11.6 Å². The first-order valence-electron chi connectivity index (χ1n) is 5.54. The fourth-order valence-corrected chi connectivity index (χ4v) is 1.91. The van der Waals surface area contributed by atoms with Crippen molar-refractivity contribution in [1.82, 2.24) is 0 Å². The summed E-state index contributed by atoms with van der Waals surface area (Å²) >= 11 is 5.97. The van der Waals surface area contributed by atoms with Gasteiger partial charge in [0, 0.05) is 5.69 Å². The van der Waals surface area contributed by atoms with Crippen molar-refractivity contribution < 1.29 is 19.5 Å². The predicted octanol–water partition coefficient (Wildman–Crippen LogP) is 1.49. The normalized spacial score (nSPS) is 14.5. The number of carbonyl (C=O) groups excluding carboxylic acids is 2. The molecule has 100 valence electrons. The lowest BCUT2D eigenvalue weighted by Crippen LogP contribution is -2.27. The number of anilines is 2. The molecular weight excluding hydrogens is 272 g/mol. The summed E-state index contributed by atoms with van der Waals surface area (Å²) in [5.74, 6) is -3.20. The van der Waals surface area contributed by atoms with E-state index >= 15 is 0 Å². The van der Waals surface area contributed by atoms with E-state index in [1.165, 1.54) is 13.0 Å². The zero-order valence-electron chi connectivity index (χ0n) is 9.99. The van der Waals surface area contributed by atoms with Gasteiger partial charge >= 0.3 is 5.97 Å². The second-order valence-corrected chi connectivity index (χ2v) is 4.67. The third-order valence-corrected chi connectivity index (χ3v) is 3.15. The lowest BCUT2D eigenvalue weighted by atomic mass is 10.1. The van der Waals surface area contributed by atoms with Crippen LogP contribution in [0.15, 0.2) is 12.1 Å². The number of aliphatic carboxylic acids is 1. The fraction of sp³-hybridized carbons (Fsp3) is 0.250. The maximum atomic E-state index is 11.6. The molecule has 1 atom stereocenters. The van der Waals surface area contributed by atoms with Gasteiger partial charge in [-0.25, -0.2) is 0 Å². The second kappa shape index (κ2) is 4.89. The lowest BCUT2D eigenvalue weighted by molar-refractivity contribution is -0.144. The van der Waals surface area contributed by atoms with Crippen molar-refractivity contribution in [1.29, 1.82) is 0 Å². The highest BCUT2D eigenvalue weighted by Gasteiger charge is 2.23. The van der Waals surface area contributed by atoms with Gasteiger partial charge in [-0.3, -0.25) is 14.4 Å². The van der Waals surface area contributed by atoms with Crippen LogP contribution in [0.5, 0.6) is 0 Å². The molecule has 1 aromatic rings. The van der Waals surface area contributed by atoms with Crippen LogP contribution < -0.4 is 10.6 Å². The summed E-state index contributed by atoms with van der Waals surface area (Å²) in [7, 11) is 0. The Balaban J connectivity index is 2.23. The van der Waals surface area contributed by atoms with Crippen molar-refractivity contribution in [2.75, 3.05) is 10.6 Å². The van der Waals surface area contributed by atoms with Crippen LogP contribution in [0, 0.1) is 5.92 Å². The Morgan fingerprint density at radius 3 is 2.79 bits per heavy atom. The van der Waals surface area contributed by atoms with E-state index in [4.69, 9.17) is 16.7 Å². The van der Waals surface area contributed by atoms with Gasteiger partial charge in [0.1, 0.15) is 5.92 Å². The molecule has 0 saturated carbocycles. The molecule has 7 heteroatoms. The number of nitrogens with one attached hydrogen (secondary N) is 2. The van der Waals surface area contributed by atoms with Crippen molar-refractivity contribution >= 4 is 40.8 Å². The third kappa shape index (κ3) is 2.68. The van der Waals surface area contributed by atoms with Crippen LogP contribution in [-0.2, 0) is 20.8 Å². The van der Waals surface area contributed by atoms with Crippen LogP contribution in [0.4, 0.5) is 11.4 Å². The number of carboxylic acid groups (broad SMARTS) is 1. The molecule has 0 aliphatic carbocycles. The second-order valence-electron chi connectivity index (χ2n) is 4.26. The van der Waals surface area contributed by atoms with Gasteiger partial charge in [0.25, 0.3) is 0 Å². The van der Waals surface area contributed by atoms with E-state index in [-0.39, 0.29) is 17.4 Å². The number of carbonyl (C=O) groups is 3. The van der Waals surface area contributed by atoms with E-state index in [0.717, 1.165) is 0 Å². The van der Waals surface area contributed by atoms with E-state index in [9.17, 15) is 14.4 Å². The Labute approximate surface area is 113 Å². The monoisotopic (exact) mass is 282 g/mol. The van der Waals surface area contributed by atoms with Gasteiger partial charge in [0.05, 0.1) is 17.1 Å². The molecule has 1 aliphatic heterocycles. The quantitative estimate of drug-likeness (QED) is 0.732. The van der Waals surface area contributed by atoms with E-state index in [1.807, 2.05) is 0 Å². The molecule has 3 N–H and O–H groups in total. The summed E-state index contributed by atoms with van der Waals surface area (Å²) in [6, 6.07) is 3.10. The van der Waals surface area contributed by atoms with Crippen LogP contribution >= 0.6 is 11.6 Å². The summed E-state index contributed by atoms with van der Waals surface area (Å²) in [5, 5.41) is 14.1. The number of halogens is 1. The third-order valence-electron chi connectivity index (χ3n) is 2.84. The molecule has 0 spiro atoms. The van der Waals surface area contributed by atoms with Crippen LogP contribution in [0.25, 0.3) is 0 Å². The average Bonchev–Trinajstić information content (AvgIpc) is 2.67. The molecule has 0 saturated heterocycles. The highest BCUT2D eigenvalue weighted by Crippen LogP contribution is 2.33. The molecule has 0 aromatic heterocycles. The standard InChI is InChI=1S/C12H11ClN2O4/c1-5(12(18)19)11(17)15-9-2-6-3-10(16)14-8(6)4-7(9)13/h2,4-5H,3H2,1H3,(H,14,16)(H,15,17)(H,18,19). The van der Waals surface area contributed by atoms with Crippen molar-refractivity contribution in [2.45, 2.75) is 13.3 Å². The Morgan fingerprint density at radius 1 is 1.47 bits per heavy atom. The number of hydrogen-bond acceptors (Lipinski definition) is 3. The number of benzene rings is 1. The van der Waals surface area contributed by atoms with Gasteiger partial charge in [-0.15, -0.1) is 0 Å². The smallest absolute Gasteiger partial charge is 0.315 e. The largest absolute Gasteiger partial charge is 0.481 e. The highest BCUT2D eigenvalue weighted by molar-refractivity contribution is 6.34. The molecule has 0 radical (unpaired) electrons. The zero-order valence-corrected chi connectivity index (χ0v) is 10.7. The Bertz CT molecular complexity index is 585. The first kappa shape index (κ1) is 13.4. The van der Waals surface area contributed by atoms with E-state index < -0.39 is 17.8 Å². The highest BCUT2D eigenvalue weighted by atomic mass is 35.5. The van der Waals surface area contributed by atoms with Gasteiger partial charge in [-0.2, -0.15) is 0 Å². The van der Waals surface area contributed by atoms with Gasteiger partial charge in [0.2, 0.25) is 11.8 Å². The molecule has 1 heterocycles. The maximum Gasteiger partial charge on any atom is 0.315 e. The zero-order chi connectivity index (χ0) is 14.2. The Hall–Kier alpha value is -2.08. The van der Waals surface area contributed by atoms with Gasteiger partial charge in [0.15, 0.2) is 0 Å². The summed E-state index contributed by atoms with van der Waals surface area (Å²) in [6.45, 7) is 1.28. The summed E-state index contributed by atoms with van der Waals surface area (Å²) in [4.78, 5) is 33.6. The van der Waals surface area contributed by atoms with E-state index in [2.05, 4.69) is 10.6 Å². The number of hydrogen-bond donors (Lipinski definition) is 3. The molecule has 19 heavy (non-hydrogen) atoms. The minimum atomic E-state index is -1.22. The molecule has 1 aliphatic rings. The van der Waals surface area contributed by atoms with Crippen molar-refractivity contribution in [3.63, 3.8) is 0 Å². The molecule has 2 amide bonds. The lowest BCUT2D eigenvalue weighted by Gasteiger charge is -2.11.